The van der Waals surface area contributed by atoms with Crippen LogP contribution in [0.1, 0.15) is 20.3 Å². The van der Waals surface area contributed by atoms with Gasteiger partial charge in [-0.1, -0.05) is 31.7 Å². The number of hydrogen-bond donors (Lipinski definition) is 0. The summed E-state index contributed by atoms with van der Waals surface area (Å²) in [7, 11) is 0. The van der Waals surface area contributed by atoms with Crippen molar-refractivity contribution in [1.29, 1.82) is 0 Å². The van der Waals surface area contributed by atoms with E-state index in [2.05, 4.69) is 32.6 Å². The maximum atomic E-state index is 3.80. The van der Waals surface area contributed by atoms with Crippen molar-refractivity contribution in [3.63, 3.8) is 0 Å². The molecule has 0 bridgehead atoms. The van der Waals surface area contributed by atoms with Crippen LogP contribution >= 0.6 is 11.8 Å². The molecule has 1 heteroatoms. The highest BCUT2D eigenvalue weighted by Gasteiger charge is 2.16. The lowest BCUT2D eigenvalue weighted by atomic mass is 10.1. The lowest BCUT2D eigenvalue weighted by Gasteiger charge is -1.96. The molecule has 11 heavy (non-hydrogen) atoms. The summed E-state index contributed by atoms with van der Waals surface area (Å²) < 4.78 is 0. The average molecular weight is 166 g/mol. The molecule has 0 amide bonds. The summed E-state index contributed by atoms with van der Waals surface area (Å²) >= 11 is 1.94. The Morgan fingerprint density at radius 2 is 2.36 bits per heavy atom. The van der Waals surface area contributed by atoms with E-state index in [1.54, 1.807) is 0 Å². The monoisotopic (exact) mass is 166 g/mol. The highest BCUT2D eigenvalue weighted by molar-refractivity contribution is 8.04. The Bertz CT molecular complexity index is 211. The molecule has 1 rings (SSSR count). The Balaban J connectivity index is 2.79. The van der Waals surface area contributed by atoms with Crippen LogP contribution in [0.2, 0.25) is 0 Å². The highest BCUT2D eigenvalue weighted by atomic mass is 32.2. The normalized spacial score (nSPS) is 25.1. The first-order chi connectivity index (χ1) is 5.27. The van der Waals surface area contributed by atoms with Gasteiger partial charge in [0, 0.05) is 10.2 Å². The van der Waals surface area contributed by atoms with Gasteiger partial charge >= 0.3 is 0 Å². The molecule has 0 aliphatic carbocycles. The molecule has 1 heterocycles. The number of allylic oxidation sites excluding steroid dienone is 4. The van der Waals surface area contributed by atoms with E-state index in [1.807, 2.05) is 17.8 Å². The lowest BCUT2D eigenvalue weighted by molar-refractivity contribution is 0.970. The van der Waals surface area contributed by atoms with Crippen molar-refractivity contribution in [2.75, 3.05) is 0 Å². The molecule has 0 saturated carbocycles. The second-order valence-corrected chi connectivity index (χ2v) is 4.21. The third-order valence-electron chi connectivity index (χ3n) is 1.72. The Morgan fingerprint density at radius 1 is 1.64 bits per heavy atom. The van der Waals surface area contributed by atoms with Gasteiger partial charge in [-0.3, -0.25) is 0 Å². The smallest absolute Gasteiger partial charge is 0.0107 e. The third-order valence-corrected chi connectivity index (χ3v) is 2.94. The Labute approximate surface area is 73.1 Å². The van der Waals surface area contributed by atoms with E-state index in [-0.39, 0.29) is 0 Å². The lowest BCUT2D eigenvalue weighted by Crippen LogP contribution is -1.86. The topological polar surface area (TPSA) is 0 Å². The summed E-state index contributed by atoms with van der Waals surface area (Å²) in [5.41, 5.74) is 1.40. The molecule has 0 aromatic heterocycles. The van der Waals surface area contributed by atoms with Gasteiger partial charge in [-0.15, -0.1) is 11.8 Å². The van der Waals surface area contributed by atoms with E-state index >= 15 is 0 Å². The minimum Gasteiger partial charge on any atom is -0.122 e. The first kappa shape index (κ1) is 8.66. The van der Waals surface area contributed by atoms with Crippen LogP contribution in [0.25, 0.3) is 0 Å². The highest BCUT2D eigenvalue weighted by Crippen LogP contribution is 2.38. The molecule has 1 atom stereocenters. The summed E-state index contributed by atoms with van der Waals surface area (Å²) in [6, 6.07) is 0. The molecule has 0 fully saturated rings. The number of rotatable bonds is 2. The van der Waals surface area contributed by atoms with Gasteiger partial charge in [0.05, 0.1) is 0 Å². The second-order valence-electron chi connectivity index (χ2n) is 2.73. The fraction of sp³-hybridized carbons (Fsp3) is 0.400. The fourth-order valence-corrected chi connectivity index (χ4v) is 2.46. The Kier molecular flexibility index (Phi) is 3.01. The molecule has 0 spiro atoms. The van der Waals surface area contributed by atoms with Gasteiger partial charge in [0.15, 0.2) is 0 Å². The Morgan fingerprint density at radius 3 is 2.91 bits per heavy atom. The molecule has 0 aromatic carbocycles. The fourth-order valence-electron chi connectivity index (χ4n) is 1.23. The predicted octanol–water partition coefficient (Wildman–Crippen LogP) is 3.53. The van der Waals surface area contributed by atoms with Crippen LogP contribution in [0, 0.1) is 0 Å². The van der Waals surface area contributed by atoms with Crippen molar-refractivity contribution >= 4 is 11.8 Å². The van der Waals surface area contributed by atoms with E-state index in [9.17, 15) is 0 Å². The van der Waals surface area contributed by atoms with Gasteiger partial charge in [0.1, 0.15) is 0 Å². The van der Waals surface area contributed by atoms with Gasteiger partial charge < -0.3 is 0 Å². The van der Waals surface area contributed by atoms with Crippen molar-refractivity contribution in [2.45, 2.75) is 25.5 Å². The Hall–Kier alpha value is -0.430. The van der Waals surface area contributed by atoms with Crippen LogP contribution in [-0.2, 0) is 0 Å². The summed E-state index contributed by atoms with van der Waals surface area (Å²) in [4.78, 5) is 1.40. The molecule has 0 aromatic rings. The maximum absolute atomic E-state index is 3.80. The summed E-state index contributed by atoms with van der Waals surface area (Å²) in [6.45, 7) is 8.11. The maximum Gasteiger partial charge on any atom is 0.0107 e. The van der Waals surface area contributed by atoms with Crippen LogP contribution in [0.4, 0.5) is 0 Å². The van der Waals surface area contributed by atoms with E-state index < -0.39 is 0 Å². The molecule has 1 unspecified atom stereocenters. The first-order valence-corrected chi connectivity index (χ1v) is 4.80. The van der Waals surface area contributed by atoms with Gasteiger partial charge in [-0.2, -0.15) is 0 Å². The number of thioether (sulfide) groups is 1. The van der Waals surface area contributed by atoms with Crippen LogP contribution in [0.15, 0.2) is 35.3 Å². The molecule has 1 aliphatic heterocycles. The zero-order chi connectivity index (χ0) is 8.27. The summed E-state index contributed by atoms with van der Waals surface area (Å²) in [6.07, 6.45) is 7.41. The summed E-state index contributed by atoms with van der Waals surface area (Å²) in [5.74, 6) is 0. The van der Waals surface area contributed by atoms with Crippen molar-refractivity contribution in [3.8, 4) is 0 Å². The largest absolute Gasteiger partial charge is 0.122 e. The van der Waals surface area contributed by atoms with Crippen LogP contribution < -0.4 is 0 Å². The van der Waals surface area contributed by atoms with Crippen molar-refractivity contribution in [1.82, 2.24) is 0 Å². The van der Waals surface area contributed by atoms with Gasteiger partial charge in [0.25, 0.3) is 0 Å². The van der Waals surface area contributed by atoms with Gasteiger partial charge in [-0.05, 0) is 18.9 Å². The molecular weight excluding hydrogens is 152 g/mol. The van der Waals surface area contributed by atoms with Crippen LogP contribution in [0.5, 0.6) is 0 Å². The third kappa shape index (κ3) is 2.00. The predicted molar refractivity (Wildman–Crippen MR) is 53.7 cm³/mol. The van der Waals surface area contributed by atoms with E-state index in [4.69, 9.17) is 0 Å². The molecule has 1 aliphatic rings. The van der Waals surface area contributed by atoms with Crippen LogP contribution in [0.3, 0.4) is 0 Å². The second kappa shape index (κ2) is 3.82. The van der Waals surface area contributed by atoms with Gasteiger partial charge in [0.2, 0.25) is 0 Å². The minimum absolute atomic E-state index is 0.731. The van der Waals surface area contributed by atoms with E-state index in [0.717, 1.165) is 5.25 Å². The molecule has 0 N–H and O–H groups in total. The quantitative estimate of drug-likeness (QED) is 0.604. The van der Waals surface area contributed by atoms with E-state index in [0.29, 0.717) is 0 Å². The SMILES string of the molecule is C=CC1=C(/C=C\C)SC(C)C1. The van der Waals surface area contributed by atoms with Crippen LogP contribution in [-0.4, -0.2) is 5.25 Å². The summed E-state index contributed by atoms with van der Waals surface area (Å²) in [5, 5.41) is 0.731. The van der Waals surface area contributed by atoms with Crippen molar-refractivity contribution in [2.24, 2.45) is 0 Å². The number of hydrogen-bond acceptors (Lipinski definition) is 1. The zero-order valence-electron chi connectivity index (χ0n) is 7.13. The van der Waals surface area contributed by atoms with Gasteiger partial charge in [-0.25, -0.2) is 0 Å². The standard InChI is InChI=1S/C10H14S/c1-4-6-10-9(5-2)7-8(3)11-10/h4-6,8H,2,7H2,1,3H3/b6-4-. The molecule has 0 radical (unpaired) electrons. The molecular formula is C10H14S. The molecule has 0 saturated heterocycles. The molecule has 0 nitrogen and oxygen atoms in total. The minimum atomic E-state index is 0.731. The zero-order valence-corrected chi connectivity index (χ0v) is 7.95. The van der Waals surface area contributed by atoms with Crippen molar-refractivity contribution in [3.05, 3.63) is 35.3 Å². The van der Waals surface area contributed by atoms with E-state index in [1.165, 1.54) is 16.9 Å². The first-order valence-electron chi connectivity index (χ1n) is 3.93. The average Bonchev–Trinajstić information content (AvgIpc) is 2.32. The molecule has 60 valence electrons. The van der Waals surface area contributed by atoms with Crippen molar-refractivity contribution < 1.29 is 0 Å².